The fourth-order valence-electron chi connectivity index (χ4n) is 2.28. The molecule has 1 aliphatic heterocycles. The molecule has 2 aromatic carbocycles. The van der Waals surface area contributed by atoms with E-state index in [1.54, 1.807) is 24.3 Å². The van der Waals surface area contributed by atoms with Gasteiger partial charge in [0.15, 0.2) is 0 Å². The molecule has 4 N–H and O–H groups in total. The van der Waals surface area contributed by atoms with Gasteiger partial charge >= 0.3 is 0 Å². The summed E-state index contributed by atoms with van der Waals surface area (Å²) in [6.07, 6.45) is 1.64. The van der Waals surface area contributed by atoms with Gasteiger partial charge in [0.25, 0.3) is 11.8 Å². The number of nitrogens with two attached hydrogens (primary N) is 1. The first-order valence-corrected chi connectivity index (χ1v) is 10.4. The maximum absolute atomic E-state index is 12.0. The first-order chi connectivity index (χ1) is 14.3. The summed E-state index contributed by atoms with van der Waals surface area (Å²) in [5, 5.41) is 11.2. The molecule has 0 aliphatic carbocycles. The van der Waals surface area contributed by atoms with Crippen molar-refractivity contribution in [3.8, 4) is 5.75 Å². The van der Waals surface area contributed by atoms with Crippen LogP contribution in [-0.2, 0) is 19.6 Å². The number of carbonyl (C=O) groups is 2. The van der Waals surface area contributed by atoms with Crippen LogP contribution in [0.15, 0.2) is 58.5 Å². The van der Waals surface area contributed by atoms with Crippen molar-refractivity contribution in [3.63, 3.8) is 0 Å². The second-order valence-electron chi connectivity index (χ2n) is 6.38. The van der Waals surface area contributed by atoms with E-state index in [1.165, 1.54) is 30.5 Å². The number of hydrazone groups is 1. The zero-order valence-corrected chi connectivity index (χ0v) is 16.6. The zero-order valence-electron chi connectivity index (χ0n) is 15.8. The van der Waals surface area contributed by atoms with Crippen molar-refractivity contribution in [2.75, 3.05) is 19.8 Å². The Hall–Kier alpha value is -3.28. The third-order valence-electron chi connectivity index (χ3n) is 3.98. The number of amides is 2. The minimum Gasteiger partial charge on any atom is -0.491 e. The Morgan fingerprint density at radius 3 is 2.43 bits per heavy atom. The van der Waals surface area contributed by atoms with E-state index in [9.17, 15) is 18.0 Å². The quantitative estimate of drug-likeness (QED) is 0.288. The number of nitrogens with zero attached hydrogens (tertiary/aromatic N) is 1. The summed E-state index contributed by atoms with van der Waals surface area (Å²) in [5.41, 5.74) is 3.25. The SMILES string of the molecule is NS(=O)(=O)c1ccc(C(=O)NCC(=O)N/N=C/c2ccc(OCC3CO3)cc2)cc1. The monoisotopic (exact) mass is 432 g/mol. The Bertz CT molecular complexity index is 1030. The van der Waals surface area contributed by atoms with Crippen LogP contribution in [0.1, 0.15) is 15.9 Å². The number of benzene rings is 2. The van der Waals surface area contributed by atoms with Gasteiger partial charge in [-0.05, 0) is 54.1 Å². The zero-order chi connectivity index (χ0) is 21.6. The molecule has 1 unspecified atom stereocenters. The minimum absolute atomic E-state index is 0.109. The van der Waals surface area contributed by atoms with Crippen LogP contribution in [0, 0.1) is 0 Å². The molecule has 1 aliphatic rings. The summed E-state index contributed by atoms with van der Waals surface area (Å²) in [5.74, 6) is -0.348. The molecule has 0 saturated carbocycles. The molecule has 158 valence electrons. The van der Waals surface area contributed by atoms with Crippen molar-refractivity contribution < 1.29 is 27.5 Å². The molecule has 30 heavy (non-hydrogen) atoms. The largest absolute Gasteiger partial charge is 0.491 e. The van der Waals surface area contributed by atoms with E-state index in [1.807, 2.05) is 0 Å². The number of nitrogens with one attached hydrogen (secondary N) is 2. The van der Waals surface area contributed by atoms with Gasteiger partial charge in [0, 0.05) is 5.56 Å². The van der Waals surface area contributed by atoms with Gasteiger partial charge in [-0.1, -0.05) is 0 Å². The number of hydrogen-bond donors (Lipinski definition) is 3. The highest BCUT2D eigenvalue weighted by Crippen LogP contribution is 2.15. The van der Waals surface area contributed by atoms with Gasteiger partial charge in [0.2, 0.25) is 10.0 Å². The van der Waals surface area contributed by atoms with Crippen LogP contribution in [0.4, 0.5) is 0 Å². The van der Waals surface area contributed by atoms with E-state index in [4.69, 9.17) is 14.6 Å². The van der Waals surface area contributed by atoms with Gasteiger partial charge in [-0.25, -0.2) is 19.0 Å². The number of ether oxygens (including phenoxy) is 2. The molecule has 1 saturated heterocycles. The lowest BCUT2D eigenvalue weighted by molar-refractivity contribution is -0.120. The molecule has 1 fully saturated rings. The average molecular weight is 432 g/mol. The first kappa shape index (κ1) is 21.4. The van der Waals surface area contributed by atoms with Crippen molar-refractivity contribution in [1.82, 2.24) is 10.7 Å². The fraction of sp³-hybridized carbons (Fsp3) is 0.211. The molecule has 0 aromatic heterocycles. The molecule has 3 rings (SSSR count). The molecule has 0 bridgehead atoms. The van der Waals surface area contributed by atoms with Gasteiger partial charge in [-0.3, -0.25) is 9.59 Å². The van der Waals surface area contributed by atoms with Gasteiger partial charge in [-0.2, -0.15) is 5.10 Å². The number of epoxide rings is 1. The van der Waals surface area contributed by atoms with Crippen LogP contribution < -0.4 is 20.6 Å². The molecular formula is C19H20N4O6S. The Morgan fingerprint density at radius 1 is 1.17 bits per heavy atom. The molecule has 11 heteroatoms. The molecule has 0 radical (unpaired) electrons. The number of hydrogen-bond acceptors (Lipinski definition) is 7. The van der Waals surface area contributed by atoms with Gasteiger partial charge in [0.05, 0.1) is 24.3 Å². The highest BCUT2D eigenvalue weighted by atomic mass is 32.2. The highest BCUT2D eigenvalue weighted by Gasteiger charge is 2.22. The molecule has 2 aromatic rings. The standard InChI is InChI=1S/C19H20N4O6S/c20-30(26,27)17-7-3-14(4-8-17)19(25)21-10-18(24)23-22-9-13-1-5-15(6-2-13)28-11-16-12-29-16/h1-9,16H,10-12H2,(H,21,25)(H,23,24)(H2,20,26,27)/b22-9+. The smallest absolute Gasteiger partial charge is 0.259 e. The lowest BCUT2D eigenvalue weighted by atomic mass is 10.2. The number of primary sulfonamides is 1. The molecule has 2 amide bonds. The van der Waals surface area contributed by atoms with Crippen molar-refractivity contribution in [1.29, 1.82) is 0 Å². The van der Waals surface area contributed by atoms with Crippen LogP contribution in [0.2, 0.25) is 0 Å². The first-order valence-electron chi connectivity index (χ1n) is 8.89. The van der Waals surface area contributed by atoms with E-state index in [0.29, 0.717) is 12.4 Å². The average Bonchev–Trinajstić information content (AvgIpc) is 3.55. The van der Waals surface area contributed by atoms with Crippen molar-refractivity contribution >= 4 is 28.1 Å². The summed E-state index contributed by atoms with van der Waals surface area (Å²) >= 11 is 0. The lowest BCUT2D eigenvalue weighted by Crippen LogP contribution is -2.34. The topological polar surface area (TPSA) is 152 Å². The van der Waals surface area contributed by atoms with Gasteiger partial charge in [0.1, 0.15) is 18.5 Å². The van der Waals surface area contributed by atoms with Crippen molar-refractivity contribution in [2.24, 2.45) is 10.2 Å². The van der Waals surface area contributed by atoms with Crippen LogP contribution in [-0.4, -0.2) is 52.3 Å². The van der Waals surface area contributed by atoms with Gasteiger partial charge in [-0.15, -0.1) is 0 Å². The van der Waals surface area contributed by atoms with Crippen molar-refractivity contribution in [3.05, 3.63) is 59.7 Å². The van der Waals surface area contributed by atoms with E-state index in [2.05, 4.69) is 15.8 Å². The second-order valence-corrected chi connectivity index (χ2v) is 7.94. The summed E-state index contributed by atoms with van der Waals surface area (Å²) in [4.78, 5) is 23.7. The van der Waals surface area contributed by atoms with Crippen LogP contribution in [0.3, 0.4) is 0 Å². The van der Waals surface area contributed by atoms with Crippen LogP contribution >= 0.6 is 0 Å². The third-order valence-corrected chi connectivity index (χ3v) is 4.91. The predicted octanol–water partition coefficient (Wildman–Crippen LogP) is -0.00830. The number of sulfonamides is 1. The maximum atomic E-state index is 12.0. The predicted molar refractivity (Wildman–Crippen MR) is 108 cm³/mol. The Morgan fingerprint density at radius 2 is 1.83 bits per heavy atom. The second kappa shape index (κ2) is 9.48. The number of carbonyl (C=O) groups excluding carboxylic acids is 2. The Kier molecular flexibility index (Phi) is 6.77. The highest BCUT2D eigenvalue weighted by molar-refractivity contribution is 7.89. The van der Waals surface area contributed by atoms with Crippen molar-refractivity contribution in [2.45, 2.75) is 11.0 Å². The van der Waals surface area contributed by atoms with Crippen LogP contribution in [0.25, 0.3) is 0 Å². The summed E-state index contributed by atoms with van der Waals surface area (Å²) in [6, 6.07) is 12.2. The maximum Gasteiger partial charge on any atom is 0.259 e. The molecule has 1 heterocycles. The Balaban J connectivity index is 1.41. The molecule has 1 atom stereocenters. The number of rotatable bonds is 9. The van der Waals surface area contributed by atoms with E-state index in [-0.39, 0.29) is 23.1 Å². The summed E-state index contributed by atoms with van der Waals surface area (Å²) < 4.78 is 33.0. The normalized spacial score (nSPS) is 15.6. The van der Waals surface area contributed by atoms with Gasteiger partial charge < -0.3 is 14.8 Å². The van der Waals surface area contributed by atoms with E-state index in [0.717, 1.165) is 12.2 Å². The lowest BCUT2D eigenvalue weighted by Gasteiger charge is -2.05. The molecular weight excluding hydrogens is 412 g/mol. The third kappa shape index (κ3) is 6.65. The fourth-order valence-corrected chi connectivity index (χ4v) is 2.80. The summed E-state index contributed by atoms with van der Waals surface area (Å²) in [6.45, 7) is 0.949. The molecule has 10 nitrogen and oxygen atoms in total. The van der Waals surface area contributed by atoms with Crippen LogP contribution in [0.5, 0.6) is 5.75 Å². The Labute approximate surface area is 173 Å². The summed E-state index contributed by atoms with van der Waals surface area (Å²) in [7, 11) is -3.83. The van der Waals surface area contributed by atoms with E-state index >= 15 is 0 Å². The van der Waals surface area contributed by atoms with E-state index < -0.39 is 21.8 Å². The molecule has 0 spiro atoms. The minimum atomic E-state index is -3.83.